The van der Waals surface area contributed by atoms with Gasteiger partial charge in [-0.2, -0.15) is 0 Å². The molecule has 0 bridgehead atoms. The van der Waals surface area contributed by atoms with Gasteiger partial charge in [-0.25, -0.2) is 4.79 Å². The zero-order chi connectivity index (χ0) is 17.1. The molecule has 0 fully saturated rings. The quantitative estimate of drug-likeness (QED) is 0.750. The van der Waals surface area contributed by atoms with Crippen LogP contribution in [0.25, 0.3) is 0 Å². The van der Waals surface area contributed by atoms with Crippen LogP contribution in [0.5, 0.6) is 5.75 Å². The molecule has 2 aromatic carbocycles. The van der Waals surface area contributed by atoms with Crippen molar-refractivity contribution in [2.75, 3.05) is 11.9 Å². The number of nitrogens with one attached hydrogen (secondary N) is 1. The summed E-state index contributed by atoms with van der Waals surface area (Å²) in [5.74, 6) is -0.688. The highest BCUT2D eigenvalue weighted by Gasteiger charge is 2.20. The smallest absolute Gasteiger partial charge is 0.341 e. The molecule has 0 saturated carbocycles. The van der Waals surface area contributed by atoms with Crippen LogP contribution in [-0.4, -0.2) is 17.7 Å². The van der Waals surface area contributed by atoms with Crippen molar-refractivity contribution >= 4 is 33.3 Å². The minimum atomic E-state index is -1.03. The first-order valence-electron chi connectivity index (χ1n) is 7.38. The van der Waals surface area contributed by atoms with Gasteiger partial charge in [-0.15, -0.1) is 0 Å². The van der Waals surface area contributed by atoms with Crippen molar-refractivity contribution in [3.8, 4) is 5.75 Å². The Bertz CT molecular complexity index is 733. The Hall–Kier alpha value is -2.01. The molecule has 0 aliphatic heterocycles. The monoisotopic (exact) mass is 377 g/mol. The van der Waals surface area contributed by atoms with Gasteiger partial charge in [0.1, 0.15) is 11.3 Å². The molecule has 0 aliphatic carbocycles. The van der Waals surface area contributed by atoms with Crippen LogP contribution in [-0.2, 0) is 0 Å². The predicted octanol–water partition coefficient (Wildman–Crippen LogP) is 5.21. The van der Waals surface area contributed by atoms with E-state index in [0.717, 1.165) is 16.8 Å². The number of carbonyl (C=O) groups is 1. The standard InChI is InChI=1S/C18H20BrNO3/c1-5-23-17-13(19)6-7-14(15(17)18(21)22)20-16-11(3)8-10(2)9-12(16)4/h6-9,20H,5H2,1-4H3,(H,21,22). The van der Waals surface area contributed by atoms with Crippen LogP contribution in [0.1, 0.15) is 34.0 Å². The third-order valence-corrected chi connectivity index (χ3v) is 4.17. The molecule has 0 heterocycles. The van der Waals surface area contributed by atoms with Gasteiger partial charge in [0.15, 0.2) is 0 Å². The number of aryl methyl sites for hydroxylation is 3. The van der Waals surface area contributed by atoms with Gasteiger partial charge >= 0.3 is 5.97 Å². The molecule has 2 N–H and O–H groups in total. The Morgan fingerprint density at radius 3 is 2.35 bits per heavy atom. The summed E-state index contributed by atoms with van der Waals surface area (Å²) in [7, 11) is 0. The summed E-state index contributed by atoms with van der Waals surface area (Å²) in [4.78, 5) is 11.7. The lowest BCUT2D eigenvalue weighted by Gasteiger charge is -2.18. The lowest BCUT2D eigenvalue weighted by atomic mass is 10.0. The van der Waals surface area contributed by atoms with Gasteiger partial charge in [-0.3, -0.25) is 0 Å². The average molecular weight is 378 g/mol. The van der Waals surface area contributed by atoms with E-state index in [1.807, 2.05) is 27.7 Å². The molecule has 23 heavy (non-hydrogen) atoms. The topological polar surface area (TPSA) is 58.6 Å². The number of halogens is 1. The second-order valence-electron chi connectivity index (χ2n) is 5.44. The minimum Gasteiger partial charge on any atom is -0.492 e. The number of ether oxygens (including phenoxy) is 1. The molecule has 0 atom stereocenters. The maximum atomic E-state index is 11.7. The number of aromatic carboxylic acids is 1. The van der Waals surface area contributed by atoms with Crippen molar-refractivity contribution in [1.82, 2.24) is 0 Å². The molecule has 0 aromatic heterocycles. The normalized spacial score (nSPS) is 10.5. The Morgan fingerprint density at radius 1 is 1.22 bits per heavy atom. The van der Waals surface area contributed by atoms with Crippen LogP contribution in [0.15, 0.2) is 28.7 Å². The van der Waals surface area contributed by atoms with Crippen molar-refractivity contribution in [3.05, 3.63) is 51.0 Å². The van der Waals surface area contributed by atoms with E-state index in [9.17, 15) is 9.90 Å². The summed E-state index contributed by atoms with van der Waals surface area (Å²) >= 11 is 3.36. The first-order chi connectivity index (χ1) is 10.8. The zero-order valence-corrected chi connectivity index (χ0v) is 15.2. The highest BCUT2D eigenvalue weighted by Crippen LogP contribution is 2.37. The fourth-order valence-corrected chi connectivity index (χ4v) is 3.12. The maximum absolute atomic E-state index is 11.7. The van der Waals surface area contributed by atoms with E-state index in [2.05, 4.69) is 33.4 Å². The van der Waals surface area contributed by atoms with E-state index in [1.165, 1.54) is 5.56 Å². The first-order valence-corrected chi connectivity index (χ1v) is 8.18. The number of carboxylic acid groups (broad SMARTS) is 1. The molecule has 2 aromatic rings. The van der Waals surface area contributed by atoms with Crippen molar-refractivity contribution in [2.24, 2.45) is 0 Å². The summed E-state index contributed by atoms with van der Waals surface area (Å²) in [5, 5.41) is 12.9. The molecule has 0 aliphatic rings. The Balaban J connectivity index is 2.57. The van der Waals surface area contributed by atoms with Crippen LogP contribution in [0.2, 0.25) is 0 Å². The predicted molar refractivity (Wildman–Crippen MR) is 96.2 cm³/mol. The molecule has 0 amide bonds. The van der Waals surface area contributed by atoms with Crippen LogP contribution < -0.4 is 10.1 Å². The van der Waals surface area contributed by atoms with Crippen LogP contribution in [0.3, 0.4) is 0 Å². The summed E-state index contributed by atoms with van der Waals surface area (Å²) in [6.45, 7) is 8.27. The van der Waals surface area contributed by atoms with Gasteiger partial charge < -0.3 is 15.2 Å². The average Bonchev–Trinajstić information content (AvgIpc) is 2.45. The molecule has 4 nitrogen and oxygen atoms in total. The number of anilines is 2. The second kappa shape index (κ2) is 7.04. The molecule has 0 unspecified atom stereocenters. The van der Waals surface area contributed by atoms with Gasteiger partial charge in [0.2, 0.25) is 0 Å². The van der Waals surface area contributed by atoms with Crippen molar-refractivity contribution < 1.29 is 14.6 Å². The lowest BCUT2D eigenvalue weighted by molar-refractivity contribution is 0.0693. The maximum Gasteiger partial charge on any atom is 0.341 e. The fourth-order valence-electron chi connectivity index (χ4n) is 2.67. The third-order valence-electron chi connectivity index (χ3n) is 3.55. The molecule has 0 spiro atoms. The van der Waals surface area contributed by atoms with E-state index in [-0.39, 0.29) is 5.56 Å². The van der Waals surface area contributed by atoms with Crippen molar-refractivity contribution in [1.29, 1.82) is 0 Å². The van der Waals surface area contributed by atoms with Crippen LogP contribution in [0, 0.1) is 20.8 Å². The molecule has 0 saturated heterocycles. The lowest BCUT2D eigenvalue weighted by Crippen LogP contribution is -2.08. The van der Waals surface area contributed by atoms with E-state index in [1.54, 1.807) is 12.1 Å². The van der Waals surface area contributed by atoms with Gasteiger partial charge in [0.05, 0.1) is 16.8 Å². The zero-order valence-electron chi connectivity index (χ0n) is 13.7. The van der Waals surface area contributed by atoms with Gasteiger partial charge in [-0.1, -0.05) is 17.7 Å². The summed E-state index contributed by atoms with van der Waals surface area (Å²) in [5.41, 5.74) is 4.87. The fraction of sp³-hybridized carbons (Fsp3) is 0.278. The van der Waals surface area contributed by atoms with Gasteiger partial charge in [-0.05, 0) is 66.9 Å². The van der Waals surface area contributed by atoms with E-state index in [0.29, 0.717) is 22.5 Å². The van der Waals surface area contributed by atoms with Gasteiger partial charge in [0.25, 0.3) is 0 Å². The molecule has 5 heteroatoms. The Labute approximate surface area is 144 Å². The molecule has 0 radical (unpaired) electrons. The van der Waals surface area contributed by atoms with E-state index >= 15 is 0 Å². The number of hydrogen-bond donors (Lipinski definition) is 2. The largest absolute Gasteiger partial charge is 0.492 e. The number of carboxylic acids is 1. The molecule has 2 rings (SSSR count). The van der Waals surface area contributed by atoms with Gasteiger partial charge in [0, 0.05) is 5.69 Å². The Kier molecular flexibility index (Phi) is 5.31. The second-order valence-corrected chi connectivity index (χ2v) is 6.29. The highest BCUT2D eigenvalue weighted by molar-refractivity contribution is 9.10. The van der Waals surface area contributed by atoms with Crippen molar-refractivity contribution in [2.45, 2.75) is 27.7 Å². The number of hydrogen-bond acceptors (Lipinski definition) is 3. The third kappa shape index (κ3) is 3.67. The minimum absolute atomic E-state index is 0.126. The van der Waals surface area contributed by atoms with Crippen molar-refractivity contribution in [3.63, 3.8) is 0 Å². The van der Waals surface area contributed by atoms with Crippen LogP contribution >= 0.6 is 15.9 Å². The summed E-state index contributed by atoms with van der Waals surface area (Å²) in [6, 6.07) is 7.67. The first kappa shape index (κ1) is 17.3. The molecular weight excluding hydrogens is 358 g/mol. The Morgan fingerprint density at radius 2 is 1.83 bits per heavy atom. The molecule has 122 valence electrons. The molecular formula is C18H20BrNO3. The van der Waals surface area contributed by atoms with E-state index in [4.69, 9.17) is 4.74 Å². The number of benzene rings is 2. The summed E-state index contributed by atoms with van der Waals surface area (Å²) < 4.78 is 6.14. The van der Waals surface area contributed by atoms with E-state index < -0.39 is 5.97 Å². The highest BCUT2D eigenvalue weighted by atomic mass is 79.9. The number of rotatable bonds is 5. The SMILES string of the molecule is CCOc1c(Br)ccc(Nc2c(C)cc(C)cc2C)c1C(=O)O. The summed E-state index contributed by atoms with van der Waals surface area (Å²) in [6.07, 6.45) is 0. The van der Waals surface area contributed by atoms with Crippen LogP contribution in [0.4, 0.5) is 11.4 Å².